The highest BCUT2D eigenvalue weighted by molar-refractivity contribution is 5.78. The van der Waals surface area contributed by atoms with Crippen molar-refractivity contribution >= 4 is 5.78 Å². The van der Waals surface area contributed by atoms with Gasteiger partial charge in [-0.3, -0.25) is 4.79 Å². The molecule has 2 heteroatoms. The molecular formula is C15H31NO. The molecule has 1 N–H and O–H groups in total. The van der Waals surface area contributed by atoms with Crippen molar-refractivity contribution in [2.24, 2.45) is 0 Å². The van der Waals surface area contributed by atoms with E-state index in [-0.39, 0.29) is 0 Å². The van der Waals surface area contributed by atoms with E-state index in [2.05, 4.69) is 12.2 Å². The zero-order valence-corrected chi connectivity index (χ0v) is 11.9. The Hall–Kier alpha value is -0.370. The molecule has 0 heterocycles. The topological polar surface area (TPSA) is 29.1 Å². The molecule has 0 radical (unpaired) electrons. The standard InChI is InChI=1S/C15H31NO/c1-3-4-5-6-7-8-9-10-12-15(17)13-11-14-16-2/h16H,3-14H2,1-2H3. The van der Waals surface area contributed by atoms with Crippen molar-refractivity contribution in [3.63, 3.8) is 0 Å². The van der Waals surface area contributed by atoms with E-state index in [1.807, 2.05) is 7.05 Å². The molecule has 0 amide bonds. The van der Waals surface area contributed by atoms with Gasteiger partial charge in [-0.15, -0.1) is 0 Å². The zero-order chi connectivity index (χ0) is 12.8. The van der Waals surface area contributed by atoms with Crippen LogP contribution in [0.25, 0.3) is 0 Å². The van der Waals surface area contributed by atoms with Crippen LogP contribution in [0.1, 0.15) is 77.6 Å². The number of nitrogens with one attached hydrogen (secondary N) is 1. The maximum Gasteiger partial charge on any atom is 0.132 e. The van der Waals surface area contributed by atoms with Gasteiger partial charge in [-0.25, -0.2) is 0 Å². The van der Waals surface area contributed by atoms with Gasteiger partial charge >= 0.3 is 0 Å². The normalized spacial score (nSPS) is 10.7. The lowest BCUT2D eigenvalue weighted by Gasteiger charge is -2.02. The highest BCUT2D eigenvalue weighted by Crippen LogP contribution is 2.10. The van der Waals surface area contributed by atoms with Gasteiger partial charge in [0.1, 0.15) is 5.78 Å². The quantitative estimate of drug-likeness (QED) is 0.492. The second-order valence-corrected chi connectivity index (χ2v) is 4.97. The number of carbonyl (C=O) groups is 1. The summed E-state index contributed by atoms with van der Waals surface area (Å²) in [6, 6.07) is 0. The third kappa shape index (κ3) is 13.6. The van der Waals surface area contributed by atoms with Gasteiger partial charge in [0.2, 0.25) is 0 Å². The maximum absolute atomic E-state index is 11.5. The van der Waals surface area contributed by atoms with E-state index in [4.69, 9.17) is 0 Å². The molecule has 0 bridgehead atoms. The summed E-state index contributed by atoms with van der Waals surface area (Å²) in [6.07, 6.45) is 13.0. The maximum atomic E-state index is 11.5. The first-order valence-corrected chi connectivity index (χ1v) is 7.47. The summed E-state index contributed by atoms with van der Waals surface area (Å²) in [5.41, 5.74) is 0. The van der Waals surface area contributed by atoms with Gasteiger partial charge in [0.05, 0.1) is 0 Å². The fraction of sp³-hybridized carbons (Fsp3) is 0.933. The van der Waals surface area contributed by atoms with Crippen LogP contribution in [-0.4, -0.2) is 19.4 Å². The molecule has 0 aliphatic rings. The van der Waals surface area contributed by atoms with E-state index in [1.54, 1.807) is 0 Å². The van der Waals surface area contributed by atoms with Gasteiger partial charge in [-0.2, -0.15) is 0 Å². The number of hydrogen-bond acceptors (Lipinski definition) is 2. The summed E-state index contributed by atoms with van der Waals surface area (Å²) in [7, 11) is 1.93. The zero-order valence-electron chi connectivity index (χ0n) is 11.9. The summed E-state index contributed by atoms with van der Waals surface area (Å²) in [5, 5.41) is 3.07. The van der Waals surface area contributed by atoms with E-state index in [9.17, 15) is 4.79 Å². The molecule has 0 saturated heterocycles. The average molecular weight is 241 g/mol. The van der Waals surface area contributed by atoms with Crippen LogP contribution in [-0.2, 0) is 4.79 Å². The van der Waals surface area contributed by atoms with Crippen molar-refractivity contribution in [1.82, 2.24) is 5.32 Å². The van der Waals surface area contributed by atoms with E-state index < -0.39 is 0 Å². The minimum atomic E-state index is 0.450. The first kappa shape index (κ1) is 16.6. The van der Waals surface area contributed by atoms with Crippen LogP contribution < -0.4 is 5.32 Å². The first-order chi connectivity index (χ1) is 8.31. The van der Waals surface area contributed by atoms with Crippen molar-refractivity contribution in [2.45, 2.75) is 77.6 Å². The van der Waals surface area contributed by atoms with Crippen LogP contribution in [0.2, 0.25) is 0 Å². The molecule has 0 spiro atoms. The summed E-state index contributed by atoms with van der Waals surface area (Å²) in [5.74, 6) is 0.450. The molecule has 2 nitrogen and oxygen atoms in total. The molecule has 0 rings (SSSR count). The number of carbonyl (C=O) groups excluding carboxylic acids is 1. The minimum absolute atomic E-state index is 0.450. The van der Waals surface area contributed by atoms with Crippen molar-refractivity contribution < 1.29 is 4.79 Å². The third-order valence-electron chi connectivity index (χ3n) is 3.19. The fourth-order valence-corrected chi connectivity index (χ4v) is 2.04. The Kier molecular flexibility index (Phi) is 13.4. The predicted molar refractivity (Wildman–Crippen MR) is 75.4 cm³/mol. The highest BCUT2D eigenvalue weighted by atomic mass is 16.1. The van der Waals surface area contributed by atoms with Gasteiger partial charge in [0.15, 0.2) is 0 Å². The summed E-state index contributed by atoms with van der Waals surface area (Å²) in [6.45, 7) is 3.21. The van der Waals surface area contributed by atoms with Crippen LogP contribution in [0, 0.1) is 0 Å². The number of Topliss-reactive ketones (excluding diaryl/α,β-unsaturated/α-hetero) is 1. The number of hydrogen-bond donors (Lipinski definition) is 1. The van der Waals surface area contributed by atoms with Gasteiger partial charge in [0.25, 0.3) is 0 Å². The molecule has 0 saturated carbocycles. The Morgan fingerprint density at radius 3 is 1.94 bits per heavy atom. The van der Waals surface area contributed by atoms with Crippen LogP contribution >= 0.6 is 0 Å². The van der Waals surface area contributed by atoms with Crippen LogP contribution in [0.3, 0.4) is 0 Å². The molecule has 102 valence electrons. The average Bonchev–Trinajstić information content (AvgIpc) is 2.33. The highest BCUT2D eigenvalue weighted by Gasteiger charge is 2.00. The molecule has 0 unspecified atom stereocenters. The molecule has 17 heavy (non-hydrogen) atoms. The Morgan fingerprint density at radius 1 is 0.824 bits per heavy atom. The van der Waals surface area contributed by atoms with Crippen LogP contribution in [0.15, 0.2) is 0 Å². The Balaban J connectivity index is 3.08. The third-order valence-corrected chi connectivity index (χ3v) is 3.19. The molecule has 0 aromatic carbocycles. The number of ketones is 1. The molecule has 0 aliphatic carbocycles. The first-order valence-electron chi connectivity index (χ1n) is 7.47. The van der Waals surface area contributed by atoms with Gasteiger partial charge < -0.3 is 5.32 Å². The predicted octanol–water partition coefficient (Wildman–Crippen LogP) is 4.09. The van der Waals surface area contributed by atoms with Crippen molar-refractivity contribution in [1.29, 1.82) is 0 Å². The van der Waals surface area contributed by atoms with Gasteiger partial charge in [-0.1, -0.05) is 51.9 Å². The smallest absolute Gasteiger partial charge is 0.132 e. The summed E-state index contributed by atoms with van der Waals surface area (Å²) >= 11 is 0. The summed E-state index contributed by atoms with van der Waals surface area (Å²) in [4.78, 5) is 11.5. The van der Waals surface area contributed by atoms with E-state index in [0.717, 1.165) is 32.2 Å². The molecule has 0 aromatic heterocycles. The Bertz CT molecular complexity index is 168. The van der Waals surface area contributed by atoms with E-state index in [1.165, 1.54) is 44.9 Å². The SMILES string of the molecule is CCCCCCCCCCC(=O)CCCNC. The monoisotopic (exact) mass is 241 g/mol. The molecule has 0 fully saturated rings. The second-order valence-electron chi connectivity index (χ2n) is 4.97. The van der Waals surface area contributed by atoms with E-state index >= 15 is 0 Å². The van der Waals surface area contributed by atoms with Crippen molar-refractivity contribution in [3.05, 3.63) is 0 Å². The van der Waals surface area contributed by atoms with Crippen molar-refractivity contribution in [3.8, 4) is 0 Å². The molecular weight excluding hydrogens is 210 g/mol. The lowest BCUT2D eigenvalue weighted by atomic mass is 10.0. The molecule has 0 atom stereocenters. The van der Waals surface area contributed by atoms with Gasteiger partial charge in [0, 0.05) is 12.8 Å². The Morgan fingerprint density at radius 2 is 1.35 bits per heavy atom. The molecule has 0 aliphatic heterocycles. The molecule has 0 aromatic rings. The van der Waals surface area contributed by atoms with Crippen LogP contribution in [0.5, 0.6) is 0 Å². The number of rotatable bonds is 13. The lowest BCUT2D eigenvalue weighted by molar-refractivity contribution is -0.119. The van der Waals surface area contributed by atoms with Crippen LogP contribution in [0.4, 0.5) is 0 Å². The van der Waals surface area contributed by atoms with E-state index in [0.29, 0.717) is 5.78 Å². The minimum Gasteiger partial charge on any atom is -0.320 e. The largest absolute Gasteiger partial charge is 0.320 e. The van der Waals surface area contributed by atoms with Gasteiger partial charge in [-0.05, 0) is 26.4 Å². The number of unbranched alkanes of at least 4 members (excludes halogenated alkanes) is 7. The van der Waals surface area contributed by atoms with Crippen molar-refractivity contribution in [2.75, 3.05) is 13.6 Å². The Labute approximate surface area is 108 Å². The second kappa shape index (κ2) is 13.7. The fourth-order valence-electron chi connectivity index (χ4n) is 2.04. The lowest BCUT2D eigenvalue weighted by Crippen LogP contribution is -2.09. The summed E-state index contributed by atoms with van der Waals surface area (Å²) < 4.78 is 0.